The predicted molar refractivity (Wildman–Crippen MR) is 104 cm³/mol. The molecule has 0 bridgehead atoms. The first-order chi connectivity index (χ1) is 13.8. The van der Waals surface area contributed by atoms with Crippen molar-refractivity contribution in [2.45, 2.75) is 23.3 Å². The minimum absolute atomic E-state index is 0.0829. The molecule has 2 unspecified atom stereocenters. The second-order valence-electron chi connectivity index (χ2n) is 7.40. The zero-order valence-electron chi connectivity index (χ0n) is 16.1. The fourth-order valence-electron chi connectivity index (χ4n) is 4.15. The summed E-state index contributed by atoms with van der Waals surface area (Å²) in [5.74, 6) is 1.05. The molecule has 1 heterocycles. The molecule has 2 aromatic carbocycles. The Morgan fingerprint density at radius 3 is 2.66 bits per heavy atom. The normalized spacial score (nSPS) is 23.0. The summed E-state index contributed by atoms with van der Waals surface area (Å²) in [4.78, 5) is 0.128. The Morgan fingerprint density at radius 1 is 1.24 bits per heavy atom. The highest BCUT2D eigenvalue weighted by atomic mass is 32.2. The number of piperidine rings is 1. The van der Waals surface area contributed by atoms with Crippen molar-refractivity contribution in [1.29, 1.82) is 0 Å². The van der Waals surface area contributed by atoms with Gasteiger partial charge in [-0.1, -0.05) is 6.07 Å². The van der Waals surface area contributed by atoms with Crippen LogP contribution in [0.4, 0.5) is 14.5 Å². The standard InChI is InChI=1S/C20H22F2N2O4S/c1-24(14-4-3-5-15(8-14)28-19(21)22)29(25,26)16-6-7-18(27-2)17(9-16)20-10-13(20)11-23-12-20/h3-9,13,19,23H,10-12H2,1-2H3. The lowest BCUT2D eigenvalue weighted by atomic mass is 9.94. The number of nitrogens with zero attached hydrogens (tertiary/aromatic N) is 1. The molecular formula is C20H22F2N2O4S. The van der Waals surface area contributed by atoms with E-state index in [1.165, 1.54) is 37.4 Å². The van der Waals surface area contributed by atoms with Crippen LogP contribution >= 0.6 is 0 Å². The third-order valence-corrected chi connectivity index (χ3v) is 7.62. The predicted octanol–water partition coefficient (Wildman–Crippen LogP) is 2.98. The summed E-state index contributed by atoms with van der Waals surface area (Å²) < 4.78 is 62.4. The van der Waals surface area contributed by atoms with Gasteiger partial charge in [-0.2, -0.15) is 8.78 Å². The molecule has 0 amide bonds. The van der Waals surface area contributed by atoms with Crippen LogP contribution in [0.2, 0.25) is 0 Å². The summed E-state index contributed by atoms with van der Waals surface area (Å²) in [6.07, 6.45) is 1.00. The van der Waals surface area contributed by atoms with Gasteiger partial charge in [0.2, 0.25) is 0 Å². The third-order valence-electron chi connectivity index (χ3n) is 5.84. The molecule has 0 aromatic heterocycles. The van der Waals surface area contributed by atoms with E-state index in [0.717, 1.165) is 29.4 Å². The van der Waals surface area contributed by atoms with E-state index in [1.54, 1.807) is 19.2 Å². The van der Waals surface area contributed by atoms with Crippen LogP contribution in [0, 0.1) is 5.92 Å². The molecule has 1 N–H and O–H groups in total. The Bertz CT molecular complexity index is 1030. The number of methoxy groups -OCH3 is 1. The molecule has 2 atom stereocenters. The monoisotopic (exact) mass is 424 g/mol. The number of rotatable bonds is 7. The molecule has 29 heavy (non-hydrogen) atoms. The second-order valence-corrected chi connectivity index (χ2v) is 9.37. The Balaban J connectivity index is 1.69. The zero-order valence-corrected chi connectivity index (χ0v) is 16.9. The van der Waals surface area contributed by atoms with Gasteiger partial charge in [0.15, 0.2) is 0 Å². The highest BCUT2D eigenvalue weighted by Gasteiger charge is 2.59. The number of ether oxygens (including phenoxy) is 2. The van der Waals surface area contributed by atoms with E-state index in [4.69, 9.17) is 4.74 Å². The maximum absolute atomic E-state index is 13.2. The van der Waals surface area contributed by atoms with Gasteiger partial charge >= 0.3 is 6.61 Å². The summed E-state index contributed by atoms with van der Waals surface area (Å²) in [6, 6.07) is 10.5. The van der Waals surface area contributed by atoms with Crippen molar-refractivity contribution in [3.8, 4) is 11.5 Å². The van der Waals surface area contributed by atoms with E-state index in [9.17, 15) is 17.2 Å². The molecule has 2 aromatic rings. The molecule has 1 saturated carbocycles. The van der Waals surface area contributed by atoms with Crippen molar-refractivity contribution in [3.63, 3.8) is 0 Å². The first kappa shape index (κ1) is 19.9. The van der Waals surface area contributed by atoms with Crippen LogP contribution in [0.25, 0.3) is 0 Å². The summed E-state index contributed by atoms with van der Waals surface area (Å²) >= 11 is 0. The van der Waals surface area contributed by atoms with Gasteiger partial charge in [0.05, 0.1) is 17.7 Å². The largest absolute Gasteiger partial charge is 0.496 e. The van der Waals surface area contributed by atoms with Crippen molar-refractivity contribution in [2.75, 3.05) is 31.6 Å². The number of nitrogens with one attached hydrogen (secondary N) is 1. The lowest BCUT2D eigenvalue weighted by Gasteiger charge is -2.22. The average molecular weight is 424 g/mol. The maximum Gasteiger partial charge on any atom is 0.387 e. The van der Waals surface area contributed by atoms with Crippen LogP contribution in [0.15, 0.2) is 47.4 Å². The van der Waals surface area contributed by atoms with E-state index in [2.05, 4.69) is 10.1 Å². The van der Waals surface area contributed by atoms with Gasteiger partial charge in [-0.05, 0) is 49.2 Å². The van der Waals surface area contributed by atoms with Gasteiger partial charge in [0.25, 0.3) is 10.0 Å². The molecule has 156 valence electrons. The summed E-state index contributed by atoms with van der Waals surface area (Å²) in [5.41, 5.74) is 1.03. The van der Waals surface area contributed by atoms with Gasteiger partial charge in [-0.25, -0.2) is 8.42 Å². The molecule has 6 nitrogen and oxygen atoms in total. The fraction of sp³-hybridized carbons (Fsp3) is 0.400. The first-order valence-corrected chi connectivity index (χ1v) is 10.6. The molecule has 0 radical (unpaired) electrons. The smallest absolute Gasteiger partial charge is 0.387 e. The average Bonchev–Trinajstić information content (AvgIpc) is 3.26. The first-order valence-electron chi connectivity index (χ1n) is 9.21. The van der Waals surface area contributed by atoms with Gasteiger partial charge in [0, 0.05) is 30.6 Å². The van der Waals surface area contributed by atoms with E-state index in [-0.39, 0.29) is 21.7 Å². The van der Waals surface area contributed by atoms with Crippen LogP contribution in [0.3, 0.4) is 0 Å². The molecule has 2 fully saturated rings. The molecule has 9 heteroatoms. The number of sulfonamides is 1. The van der Waals surface area contributed by atoms with Crippen molar-refractivity contribution < 1.29 is 26.7 Å². The van der Waals surface area contributed by atoms with Crippen LogP contribution in [0.5, 0.6) is 11.5 Å². The quantitative estimate of drug-likeness (QED) is 0.740. The van der Waals surface area contributed by atoms with Crippen molar-refractivity contribution in [1.82, 2.24) is 5.32 Å². The van der Waals surface area contributed by atoms with E-state index >= 15 is 0 Å². The summed E-state index contributed by atoms with van der Waals surface area (Å²) in [6.45, 7) is -1.28. The van der Waals surface area contributed by atoms with Crippen LogP contribution in [0.1, 0.15) is 12.0 Å². The van der Waals surface area contributed by atoms with Crippen LogP contribution < -0.4 is 19.1 Å². The number of hydrogen-bond acceptors (Lipinski definition) is 5. The van der Waals surface area contributed by atoms with Crippen molar-refractivity contribution in [3.05, 3.63) is 48.0 Å². The van der Waals surface area contributed by atoms with Gasteiger partial charge in [-0.3, -0.25) is 4.31 Å². The second kappa shape index (κ2) is 7.14. The molecule has 2 aliphatic rings. The van der Waals surface area contributed by atoms with E-state index in [0.29, 0.717) is 11.7 Å². The number of hydrogen-bond donors (Lipinski definition) is 1. The third kappa shape index (κ3) is 3.42. The Labute approximate surface area is 168 Å². The minimum atomic E-state index is -3.91. The molecule has 0 spiro atoms. The minimum Gasteiger partial charge on any atom is -0.496 e. The maximum atomic E-state index is 13.2. The van der Waals surface area contributed by atoms with Gasteiger partial charge < -0.3 is 14.8 Å². The Morgan fingerprint density at radius 2 is 2.03 bits per heavy atom. The van der Waals surface area contributed by atoms with Crippen molar-refractivity contribution in [2.24, 2.45) is 5.92 Å². The van der Waals surface area contributed by atoms with Gasteiger partial charge in [0.1, 0.15) is 11.5 Å². The van der Waals surface area contributed by atoms with Crippen LogP contribution in [-0.4, -0.2) is 42.3 Å². The Kier molecular flexibility index (Phi) is 4.90. The molecule has 1 saturated heterocycles. The zero-order chi connectivity index (χ0) is 20.8. The number of benzene rings is 2. The molecule has 1 aliphatic heterocycles. The fourth-order valence-corrected chi connectivity index (χ4v) is 5.36. The SMILES string of the molecule is COc1ccc(S(=O)(=O)N(C)c2cccc(OC(F)F)c2)cc1C12CNCC1C2. The van der Waals surface area contributed by atoms with Gasteiger partial charge in [-0.15, -0.1) is 0 Å². The summed E-state index contributed by atoms with van der Waals surface area (Å²) in [5, 5.41) is 3.35. The van der Waals surface area contributed by atoms with E-state index < -0.39 is 16.6 Å². The lowest BCUT2D eigenvalue weighted by Crippen LogP contribution is -2.27. The molecular weight excluding hydrogens is 402 g/mol. The Hall–Kier alpha value is -2.39. The number of fused-ring (bicyclic) bond motifs is 1. The van der Waals surface area contributed by atoms with Crippen molar-refractivity contribution >= 4 is 15.7 Å². The highest BCUT2D eigenvalue weighted by Crippen LogP contribution is 2.58. The number of alkyl halides is 2. The number of anilines is 1. The topological polar surface area (TPSA) is 67.9 Å². The van der Waals surface area contributed by atoms with Crippen LogP contribution in [-0.2, 0) is 15.4 Å². The molecule has 4 rings (SSSR count). The molecule has 1 aliphatic carbocycles. The van der Waals surface area contributed by atoms with E-state index in [1.807, 2.05) is 0 Å². The number of halogens is 2. The lowest BCUT2D eigenvalue weighted by molar-refractivity contribution is -0.0498. The summed E-state index contributed by atoms with van der Waals surface area (Å²) in [7, 11) is -0.950. The highest BCUT2D eigenvalue weighted by molar-refractivity contribution is 7.92.